The molecule has 3 rings (SSSR count). The van der Waals surface area contributed by atoms with Gasteiger partial charge in [-0.05, 0) is 53.6 Å². The quantitative estimate of drug-likeness (QED) is 0.587. The molecule has 0 atom stereocenters. The van der Waals surface area contributed by atoms with E-state index in [4.69, 9.17) is 11.6 Å². The van der Waals surface area contributed by atoms with Gasteiger partial charge < -0.3 is 0 Å². The van der Waals surface area contributed by atoms with Crippen LogP contribution < -0.4 is 0 Å². The Morgan fingerprint density at radius 3 is 1.91 bits per heavy atom. The zero-order valence-corrected chi connectivity index (χ0v) is 12.3. The summed E-state index contributed by atoms with van der Waals surface area (Å²) in [6, 6.07) is 14.2. The monoisotopic (exact) mass is 315 g/mol. The first-order chi connectivity index (χ1) is 10.7. The van der Waals surface area contributed by atoms with Crippen molar-refractivity contribution in [2.24, 2.45) is 0 Å². The first-order valence-corrected chi connectivity index (χ1v) is 7.27. The molecule has 1 heterocycles. The largest absolute Gasteiger partial charge is 0.256 e. The van der Waals surface area contributed by atoms with E-state index in [0.717, 1.165) is 27.9 Å². The molecule has 0 bridgehead atoms. The highest BCUT2D eigenvalue weighted by molar-refractivity contribution is 6.17. The maximum Gasteiger partial charge on any atom is 0.123 e. The Morgan fingerprint density at radius 2 is 1.36 bits per heavy atom. The van der Waals surface area contributed by atoms with E-state index in [2.05, 4.69) is 4.98 Å². The number of pyridine rings is 1. The minimum atomic E-state index is -0.288. The number of nitrogens with zero attached hydrogens (tertiary/aromatic N) is 1. The Labute approximate surface area is 132 Å². The lowest BCUT2D eigenvalue weighted by Gasteiger charge is -2.10. The lowest BCUT2D eigenvalue weighted by atomic mass is 10.0. The highest BCUT2D eigenvalue weighted by Crippen LogP contribution is 2.28. The zero-order valence-electron chi connectivity index (χ0n) is 11.6. The van der Waals surface area contributed by atoms with Crippen LogP contribution in [0.5, 0.6) is 0 Å². The minimum Gasteiger partial charge on any atom is -0.256 e. The van der Waals surface area contributed by atoms with Crippen LogP contribution in [0.4, 0.5) is 8.78 Å². The van der Waals surface area contributed by atoms with Crippen LogP contribution in [0.2, 0.25) is 0 Å². The molecule has 22 heavy (non-hydrogen) atoms. The SMILES string of the molecule is Fc1ccc(-c2cc(CCl)c(-c3ccc(F)cc3)cn2)cc1. The first kappa shape index (κ1) is 14.7. The van der Waals surface area contributed by atoms with Gasteiger partial charge in [0, 0.05) is 23.2 Å². The van der Waals surface area contributed by atoms with Crippen molar-refractivity contribution in [1.29, 1.82) is 0 Å². The van der Waals surface area contributed by atoms with Gasteiger partial charge in [0.25, 0.3) is 0 Å². The Balaban J connectivity index is 2.04. The molecule has 0 aliphatic rings. The van der Waals surface area contributed by atoms with Gasteiger partial charge in [-0.25, -0.2) is 8.78 Å². The molecule has 0 amide bonds. The van der Waals surface area contributed by atoms with Gasteiger partial charge in [-0.2, -0.15) is 0 Å². The van der Waals surface area contributed by atoms with Crippen LogP contribution in [-0.4, -0.2) is 4.98 Å². The molecule has 0 radical (unpaired) electrons. The molecule has 0 aliphatic heterocycles. The van der Waals surface area contributed by atoms with E-state index in [1.807, 2.05) is 6.07 Å². The van der Waals surface area contributed by atoms with Gasteiger partial charge in [-0.15, -0.1) is 11.6 Å². The molecule has 3 aromatic rings. The van der Waals surface area contributed by atoms with Crippen molar-refractivity contribution in [1.82, 2.24) is 4.98 Å². The normalized spacial score (nSPS) is 10.7. The Bertz CT molecular complexity index is 783. The van der Waals surface area contributed by atoms with Gasteiger partial charge >= 0.3 is 0 Å². The molecule has 1 nitrogen and oxygen atoms in total. The van der Waals surface area contributed by atoms with Gasteiger partial charge in [-0.1, -0.05) is 12.1 Å². The van der Waals surface area contributed by atoms with E-state index >= 15 is 0 Å². The highest BCUT2D eigenvalue weighted by Gasteiger charge is 2.09. The standard InChI is InChI=1S/C18H12ClF2N/c19-10-14-9-18(13-3-7-16(21)8-4-13)22-11-17(14)12-1-5-15(20)6-2-12/h1-9,11H,10H2. The molecule has 4 heteroatoms. The lowest BCUT2D eigenvalue weighted by Crippen LogP contribution is -1.92. The van der Waals surface area contributed by atoms with Crippen molar-refractivity contribution in [2.75, 3.05) is 0 Å². The molecule has 1 aromatic heterocycles. The van der Waals surface area contributed by atoms with Crippen LogP contribution in [0, 0.1) is 11.6 Å². The molecule has 0 N–H and O–H groups in total. The van der Waals surface area contributed by atoms with Crippen molar-refractivity contribution >= 4 is 11.6 Å². The lowest BCUT2D eigenvalue weighted by molar-refractivity contribution is 0.627. The van der Waals surface area contributed by atoms with Gasteiger partial charge in [-0.3, -0.25) is 4.98 Å². The topological polar surface area (TPSA) is 12.9 Å². The van der Waals surface area contributed by atoms with Crippen molar-refractivity contribution in [3.05, 3.63) is 78.0 Å². The second-order valence-corrected chi connectivity index (χ2v) is 5.14. The summed E-state index contributed by atoms with van der Waals surface area (Å²) in [6.45, 7) is 0. The summed E-state index contributed by atoms with van der Waals surface area (Å²) in [7, 11) is 0. The summed E-state index contributed by atoms with van der Waals surface area (Å²) in [5.74, 6) is -0.264. The van der Waals surface area contributed by atoms with Crippen molar-refractivity contribution in [2.45, 2.75) is 5.88 Å². The van der Waals surface area contributed by atoms with Gasteiger partial charge in [0.15, 0.2) is 0 Å². The second kappa shape index (κ2) is 6.24. The fourth-order valence-electron chi connectivity index (χ4n) is 2.28. The summed E-state index contributed by atoms with van der Waals surface area (Å²) in [5, 5.41) is 0. The van der Waals surface area contributed by atoms with Crippen molar-refractivity contribution in [3.8, 4) is 22.4 Å². The summed E-state index contributed by atoms with van der Waals surface area (Å²) in [6.07, 6.45) is 1.71. The third-order valence-electron chi connectivity index (χ3n) is 3.43. The average molecular weight is 316 g/mol. The van der Waals surface area contributed by atoms with E-state index in [1.165, 1.54) is 24.3 Å². The predicted octanol–water partition coefficient (Wildman–Crippen LogP) is 5.43. The maximum atomic E-state index is 13.0. The van der Waals surface area contributed by atoms with Gasteiger partial charge in [0.2, 0.25) is 0 Å². The Hall–Kier alpha value is -2.26. The Kier molecular flexibility index (Phi) is 4.16. The van der Waals surface area contributed by atoms with E-state index in [1.54, 1.807) is 30.5 Å². The molecule has 2 aromatic carbocycles. The van der Waals surface area contributed by atoms with Gasteiger partial charge in [0.05, 0.1) is 5.69 Å². The van der Waals surface area contributed by atoms with Gasteiger partial charge in [0.1, 0.15) is 11.6 Å². The average Bonchev–Trinajstić information content (AvgIpc) is 2.56. The van der Waals surface area contributed by atoms with E-state index in [9.17, 15) is 8.78 Å². The maximum absolute atomic E-state index is 13.0. The summed E-state index contributed by atoms with van der Waals surface area (Å²) in [4.78, 5) is 4.41. The smallest absolute Gasteiger partial charge is 0.123 e. The molecule has 0 fully saturated rings. The molecule has 0 aliphatic carbocycles. The molecular weight excluding hydrogens is 304 g/mol. The number of rotatable bonds is 3. The van der Waals surface area contributed by atoms with Crippen molar-refractivity contribution < 1.29 is 8.78 Å². The third-order valence-corrected chi connectivity index (χ3v) is 3.72. The predicted molar refractivity (Wildman–Crippen MR) is 84.6 cm³/mol. The van der Waals surface area contributed by atoms with E-state index in [0.29, 0.717) is 5.88 Å². The molecule has 0 unspecified atom stereocenters. The number of alkyl halides is 1. The number of aromatic nitrogens is 1. The summed E-state index contributed by atoms with van der Waals surface area (Å²) >= 11 is 6.04. The van der Waals surface area contributed by atoms with Crippen LogP contribution in [0.1, 0.15) is 5.56 Å². The van der Waals surface area contributed by atoms with Crippen molar-refractivity contribution in [3.63, 3.8) is 0 Å². The van der Waals surface area contributed by atoms with E-state index in [-0.39, 0.29) is 11.6 Å². The highest BCUT2D eigenvalue weighted by atomic mass is 35.5. The molecule has 0 saturated heterocycles. The van der Waals surface area contributed by atoms with Crippen LogP contribution in [-0.2, 0) is 5.88 Å². The summed E-state index contributed by atoms with van der Waals surface area (Å²) < 4.78 is 26.0. The van der Waals surface area contributed by atoms with E-state index < -0.39 is 0 Å². The third kappa shape index (κ3) is 3.00. The van der Waals surface area contributed by atoms with Crippen LogP contribution in [0.3, 0.4) is 0 Å². The fraction of sp³-hybridized carbons (Fsp3) is 0.0556. The second-order valence-electron chi connectivity index (χ2n) is 4.87. The Morgan fingerprint density at radius 1 is 0.818 bits per heavy atom. The number of hydrogen-bond donors (Lipinski definition) is 0. The number of benzene rings is 2. The molecular formula is C18H12ClF2N. The molecule has 0 spiro atoms. The number of hydrogen-bond acceptors (Lipinski definition) is 1. The van der Waals surface area contributed by atoms with Crippen LogP contribution in [0.25, 0.3) is 22.4 Å². The van der Waals surface area contributed by atoms with Crippen LogP contribution >= 0.6 is 11.6 Å². The molecule has 110 valence electrons. The zero-order chi connectivity index (χ0) is 15.5. The number of halogens is 3. The molecule has 0 saturated carbocycles. The fourth-order valence-corrected chi connectivity index (χ4v) is 2.50. The summed E-state index contributed by atoms with van der Waals surface area (Å²) in [5.41, 5.74) is 4.15. The minimum absolute atomic E-state index is 0.285. The first-order valence-electron chi connectivity index (χ1n) is 6.74. The van der Waals surface area contributed by atoms with Crippen LogP contribution in [0.15, 0.2) is 60.8 Å².